The number of ether oxygens (including phenoxy) is 3. The summed E-state index contributed by atoms with van der Waals surface area (Å²) in [5.41, 5.74) is 1.30. The maximum atomic E-state index is 13.2. The minimum atomic E-state index is -0.683. The molecule has 2 heterocycles. The summed E-state index contributed by atoms with van der Waals surface area (Å²) in [4.78, 5) is 30.3. The first-order valence-electron chi connectivity index (χ1n) is 12.5. The van der Waals surface area contributed by atoms with Gasteiger partial charge in [-0.25, -0.2) is 0 Å². The molecule has 1 atom stereocenters. The number of ketones is 1. The first kappa shape index (κ1) is 25.7. The third-order valence-corrected chi connectivity index (χ3v) is 6.55. The van der Waals surface area contributed by atoms with Crippen molar-refractivity contribution < 1.29 is 28.9 Å². The fourth-order valence-electron chi connectivity index (χ4n) is 4.62. The Morgan fingerprint density at radius 1 is 1.00 bits per heavy atom. The molecule has 192 valence electrons. The summed E-state index contributed by atoms with van der Waals surface area (Å²) < 4.78 is 16.3. The Morgan fingerprint density at radius 2 is 1.67 bits per heavy atom. The summed E-state index contributed by atoms with van der Waals surface area (Å²) in [6.45, 7) is 6.99. The molecule has 2 fully saturated rings. The van der Waals surface area contributed by atoms with Crippen molar-refractivity contribution in [2.75, 3.05) is 53.1 Å². The van der Waals surface area contributed by atoms with Crippen molar-refractivity contribution in [2.24, 2.45) is 0 Å². The van der Waals surface area contributed by atoms with Crippen LogP contribution in [0, 0.1) is 0 Å². The number of carbonyl (C=O) groups is 2. The van der Waals surface area contributed by atoms with E-state index in [9.17, 15) is 14.7 Å². The van der Waals surface area contributed by atoms with E-state index < -0.39 is 17.7 Å². The van der Waals surface area contributed by atoms with E-state index in [4.69, 9.17) is 14.2 Å². The minimum absolute atomic E-state index is 0.0961. The van der Waals surface area contributed by atoms with Gasteiger partial charge in [-0.1, -0.05) is 19.1 Å². The predicted octanol–water partition coefficient (Wildman–Crippen LogP) is 3.63. The quantitative estimate of drug-likeness (QED) is 0.307. The van der Waals surface area contributed by atoms with Crippen molar-refractivity contribution in [3.05, 3.63) is 65.2 Å². The second-order valence-corrected chi connectivity index (χ2v) is 8.95. The van der Waals surface area contributed by atoms with Gasteiger partial charge in [0.25, 0.3) is 11.7 Å². The molecule has 2 aromatic rings. The Balaban J connectivity index is 1.65. The molecule has 0 spiro atoms. The molecule has 1 N–H and O–H groups in total. The van der Waals surface area contributed by atoms with Crippen LogP contribution in [0.4, 0.5) is 0 Å². The standard InChI is InChI=1S/C28H34N2O6/c1-3-17-36-23-11-5-20(6-12-23)25-24(26(31)21-7-9-22(34-2)10-8-21)27(32)28(33)30(25)14-4-13-29-15-18-35-19-16-29/h5-12,25,31H,3-4,13-19H2,1-2H3/b26-24+/t25-/m1/s1. The fourth-order valence-corrected chi connectivity index (χ4v) is 4.62. The van der Waals surface area contributed by atoms with Crippen LogP contribution in [-0.2, 0) is 14.3 Å². The van der Waals surface area contributed by atoms with Crippen molar-refractivity contribution in [1.82, 2.24) is 9.80 Å². The molecule has 0 unspecified atom stereocenters. The van der Waals surface area contributed by atoms with E-state index in [1.54, 1.807) is 36.3 Å². The fraction of sp³-hybridized carbons (Fsp3) is 0.429. The van der Waals surface area contributed by atoms with Gasteiger partial charge in [-0.2, -0.15) is 0 Å². The van der Waals surface area contributed by atoms with Gasteiger partial charge < -0.3 is 24.2 Å². The van der Waals surface area contributed by atoms with E-state index >= 15 is 0 Å². The zero-order valence-corrected chi connectivity index (χ0v) is 20.9. The summed E-state index contributed by atoms with van der Waals surface area (Å²) in [6, 6.07) is 13.5. The summed E-state index contributed by atoms with van der Waals surface area (Å²) in [7, 11) is 1.56. The van der Waals surface area contributed by atoms with Gasteiger partial charge in [0.15, 0.2) is 0 Å². The lowest BCUT2D eigenvalue weighted by molar-refractivity contribution is -0.140. The van der Waals surface area contributed by atoms with Crippen molar-refractivity contribution in [3.63, 3.8) is 0 Å². The van der Waals surface area contributed by atoms with E-state index in [1.807, 2.05) is 31.2 Å². The SMILES string of the molecule is CCCOc1ccc([C@@H]2/C(=C(\O)c3ccc(OC)cc3)C(=O)C(=O)N2CCCN2CCOCC2)cc1. The second kappa shape index (κ2) is 12.1. The second-order valence-electron chi connectivity index (χ2n) is 8.95. The number of nitrogens with zero attached hydrogens (tertiary/aromatic N) is 2. The van der Waals surface area contributed by atoms with Gasteiger partial charge >= 0.3 is 0 Å². The molecule has 2 saturated heterocycles. The van der Waals surface area contributed by atoms with Gasteiger partial charge in [0.1, 0.15) is 17.3 Å². The number of amides is 1. The van der Waals surface area contributed by atoms with Crippen LogP contribution in [0.3, 0.4) is 0 Å². The summed E-state index contributed by atoms with van der Waals surface area (Å²) >= 11 is 0. The molecule has 36 heavy (non-hydrogen) atoms. The number of likely N-dealkylation sites (tertiary alicyclic amines) is 1. The molecular weight excluding hydrogens is 460 g/mol. The first-order chi connectivity index (χ1) is 17.5. The lowest BCUT2D eigenvalue weighted by Crippen LogP contribution is -2.38. The van der Waals surface area contributed by atoms with Gasteiger partial charge in [-0.15, -0.1) is 0 Å². The van der Waals surface area contributed by atoms with Crippen LogP contribution >= 0.6 is 0 Å². The Morgan fingerprint density at radius 3 is 2.31 bits per heavy atom. The van der Waals surface area contributed by atoms with Crippen LogP contribution in [0.1, 0.15) is 36.9 Å². The molecule has 4 rings (SSSR count). The molecule has 1 amide bonds. The Labute approximate surface area is 212 Å². The summed E-state index contributed by atoms with van der Waals surface area (Å²) in [5, 5.41) is 11.2. The molecule has 8 nitrogen and oxygen atoms in total. The zero-order valence-electron chi connectivity index (χ0n) is 20.9. The van der Waals surface area contributed by atoms with Gasteiger partial charge in [0, 0.05) is 31.7 Å². The normalized spacial score (nSPS) is 20.1. The third-order valence-electron chi connectivity index (χ3n) is 6.55. The van der Waals surface area contributed by atoms with Crippen molar-refractivity contribution in [1.29, 1.82) is 0 Å². The number of aliphatic hydroxyl groups excluding tert-OH is 1. The first-order valence-corrected chi connectivity index (χ1v) is 12.5. The van der Waals surface area contributed by atoms with Crippen LogP contribution in [0.15, 0.2) is 54.1 Å². The van der Waals surface area contributed by atoms with Gasteiger partial charge in [-0.3, -0.25) is 14.5 Å². The number of hydrogen-bond donors (Lipinski definition) is 1. The van der Waals surface area contributed by atoms with Crippen LogP contribution in [0.2, 0.25) is 0 Å². The molecule has 2 aliphatic heterocycles. The highest BCUT2D eigenvalue weighted by Crippen LogP contribution is 2.40. The van der Waals surface area contributed by atoms with Crippen LogP contribution in [0.5, 0.6) is 11.5 Å². The largest absolute Gasteiger partial charge is 0.507 e. The Kier molecular flexibility index (Phi) is 8.61. The minimum Gasteiger partial charge on any atom is -0.507 e. The van der Waals surface area contributed by atoms with Crippen LogP contribution < -0.4 is 9.47 Å². The highest BCUT2D eigenvalue weighted by molar-refractivity contribution is 6.46. The molecule has 8 heteroatoms. The maximum Gasteiger partial charge on any atom is 0.295 e. The Hall–Kier alpha value is -3.36. The van der Waals surface area contributed by atoms with Crippen LogP contribution in [0.25, 0.3) is 5.76 Å². The zero-order chi connectivity index (χ0) is 25.5. The Bertz CT molecular complexity index is 1070. The van der Waals surface area contributed by atoms with Gasteiger partial charge in [-0.05, 0) is 54.8 Å². The predicted molar refractivity (Wildman–Crippen MR) is 136 cm³/mol. The number of hydrogen-bond acceptors (Lipinski definition) is 7. The van der Waals surface area contributed by atoms with Gasteiger partial charge in [0.2, 0.25) is 0 Å². The van der Waals surface area contributed by atoms with Crippen LogP contribution in [-0.4, -0.2) is 79.7 Å². The number of benzene rings is 2. The van der Waals surface area contributed by atoms with Crippen molar-refractivity contribution in [2.45, 2.75) is 25.8 Å². The van der Waals surface area contributed by atoms with E-state index in [-0.39, 0.29) is 11.3 Å². The van der Waals surface area contributed by atoms with E-state index in [2.05, 4.69) is 4.90 Å². The molecular formula is C28H34N2O6. The van der Waals surface area contributed by atoms with Crippen molar-refractivity contribution in [3.8, 4) is 11.5 Å². The molecule has 0 aliphatic carbocycles. The summed E-state index contributed by atoms with van der Waals surface area (Å²) in [6.07, 6.45) is 1.61. The average molecular weight is 495 g/mol. The molecule has 2 aliphatic rings. The lowest BCUT2D eigenvalue weighted by Gasteiger charge is -2.29. The molecule has 0 radical (unpaired) electrons. The average Bonchev–Trinajstić information content (AvgIpc) is 3.17. The van der Waals surface area contributed by atoms with Crippen molar-refractivity contribution >= 4 is 17.4 Å². The highest BCUT2D eigenvalue weighted by atomic mass is 16.5. The maximum absolute atomic E-state index is 13.2. The number of rotatable bonds is 10. The van der Waals surface area contributed by atoms with Gasteiger partial charge in [0.05, 0.1) is 38.5 Å². The number of aliphatic hydroxyl groups is 1. The topological polar surface area (TPSA) is 88.5 Å². The molecule has 0 aromatic heterocycles. The summed E-state index contributed by atoms with van der Waals surface area (Å²) in [5.74, 6) is -0.105. The highest BCUT2D eigenvalue weighted by Gasteiger charge is 2.45. The van der Waals surface area contributed by atoms with E-state index in [0.29, 0.717) is 44.1 Å². The molecule has 0 bridgehead atoms. The number of Topliss-reactive ketones (excluding diaryl/α,β-unsaturated/α-hetero) is 1. The third kappa shape index (κ3) is 5.71. The lowest BCUT2D eigenvalue weighted by atomic mass is 9.95. The molecule has 0 saturated carbocycles. The monoisotopic (exact) mass is 494 g/mol. The van der Waals surface area contributed by atoms with E-state index in [0.717, 1.165) is 37.4 Å². The van der Waals surface area contributed by atoms with E-state index in [1.165, 1.54) is 0 Å². The molecule has 2 aromatic carbocycles. The smallest absolute Gasteiger partial charge is 0.295 e. The number of morpholine rings is 1. The number of carbonyl (C=O) groups excluding carboxylic acids is 2. The number of methoxy groups -OCH3 is 1.